The molecule has 102 valence electrons. The highest BCUT2D eigenvalue weighted by molar-refractivity contribution is 5.85. The van der Waals surface area contributed by atoms with Gasteiger partial charge in [0.2, 0.25) is 5.91 Å². The van der Waals surface area contributed by atoms with Crippen LogP contribution in [-0.4, -0.2) is 36.7 Å². The van der Waals surface area contributed by atoms with Gasteiger partial charge in [0.1, 0.15) is 0 Å². The number of ether oxygens (including phenoxy) is 1. The quantitative estimate of drug-likeness (QED) is 0.782. The van der Waals surface area contributed by atoms with E-state index < -0.39 is 11.9 Å². The molecule has 0 aromatic heterocycles. The second-order valence-corrected chi connectivity index (χ2v) is 6.15. The van der Waals surface area contributed by atoms with Gasteiger partial charge in [0.05, 0.1) is 25.0 Å². The lowest BCUT2D eigenvalue weighted by molar-refractivity contribution is -0.146. The number of carboxylic acid groups (broad SMARTS) is 1. The molecule has 2 fully saturated rings. The van der Waals surface area contributed by atoms with Gasteiger partial charge in [-0.05, 0) is 18.8 Å². The van der Waals surface area contributed by atoms with E-state index in [1.807, 2.05) is 6.92 Å². The number of carbonyl (C=O) groups excluding carboxylic acids is 1. The van der Waals surface area contributed by atoms with E-state index in [2.05, 4.69) is 12.2 Å². The Balaban J connectivity index is 1.89. The standard InChI is InChI=1S/C13H21NO4/c1-8-3-9(10(4-8)12(16)17)11(15)14-5-13(2)6-18-7-13/h8-10H,3-7H2,1-2H3,(H,14,15)(H,16,17)/t8?,9-,10+/m0/s1. The lowest BCUT2D eigenvalue weighted by Crippen LogP contribution is -2.50. The van der Waals surface area contributed by atoms with Gasteiger partial charge in [-0.3, -0.25) is 9.59 Å². The molecule has 1 saturated carbocycles. The van der Waals surface area contributed by atoms with Crippen molar-refractivity contribution in [3.8, 4) is 0 Å². The summed E-state index contributed by atoms with van der Waals surface area (Å²) in [5.41, 5.74) is 0.0264. The Bertz CT molecular complexity index is 351. The minimum atomic E-state index is -0.849. The van der Waals surface area contributed by atoms with E-state index in [0.717, 1.165) is 0 Å². The van der Waals surface area contributed by atoms with Gasteiger partial charge in [-0.25, -0.2) is 0 Å². The van der Waals surface area contributed by atoms with Gasteiger partial charge in [0.25, 0.3) is 0 Å². The van der Waals surface area contributed by atoms with Gasteiger partial charge >= 0.3 is 5.97 Å². The maximum atomic E-state index is 12.1. The van der Waals surface area contributed by atoms with E-state index in [4.69, 9.17) is 9.84 Å². The fourth-order valence-electron chi connectivity index (χ4n) is 2.84. The molecule has 2 N–H and O–H groups in total. The molecule has 1 aliphatic carbocycles. The van der Waals surface area contributed by atoms with Crippen molar-refractivity contribution in [1.29, 1.82) is 0 Å². The van der Waals surface area contributed by atoms with E-state index in [-0.39, 0.29) is 17.2 Å². The summed E-state index contributed by atoms with van der Waals surface area (Å²) in [5, 5.41) is 12.0. The van der Waals surface area contributed by atoms with Crippen molar-refractivity contribution in [3.63, 3.8) is 0 Å². The van der Waals surface area contributed by atoms with Crippen molar-refractivity contribution in [2.45, 2.75) is 26.7 Å². The first-order chi connectivity index (χ1) is 8.41. The SMILES string of the molecule is CC1C[C@H](C(=O)NCC2(C)COC2)[C@H](C(=O)O)C1. The van der Waals surface area contributed by atoms with E-state index in [1.54, 1.807) is 0 Å². The molecule has 0 spiro atoms. The number of nitrogens with one attached hydrogen (secondary N) is 1. The lowest BCUT2D eigenvalue weighted by atomic mass is 9.88. The van der Waals surface area contributed by atoms with Crippen LogP contribution in [0.4, 0.5) is 0 Å². The van der Waals surface area contributed by atoms with Crippen LogP contribution in [0.5, 0.6) is 0 Å². The van der Waals surface area contributed by atoms with E-state index in [0.29, 0.717) is 38.5 Å². The lowest BCUT2D eigenvalue weighted by Gasteiger charge is -2.38. The monoisotopic (exact) mass is 255 g/mol. The summed E-state index contributed by atoms with van der Waals surface area (Å²) in [6.45, 7) is 5.96. The number of rotatable bonds is 4. The highest BCUT2D eigenvalue weighted by atomic mass is 16.5. The third-order valence-electron chi connectivity index (χ3n) is 4.04. The van der Waals surface area contributed by atoms with Crippen LogP contribution in [0.1, 0.15) is 26.7 Å². The van der Waals surface area contributed by atoms with Crippen LogP contribution in [0, 0.1) is 23.2 Å². The predicted octanol–water partition coefficient (Wildman–Crippen LogP) is 0.886. The van der Waals surface area contributed by atoms with Gasteiger partial charge < -0.3 is 15.2 Å². The van der Waals surface area contributed by atoms with Crippen molar-refractivity contribution in [3.05, 3.63) is 0 Å². The smallest absolute Gasteiger partial charge is 0.307 e. The normalized spacial score (nSPS) is 33.8. The Labute approximate surface area is 107 Å². The Kier molecular flexibility index (Phi) is 3.61. The largest absolute Gasteiger partial charge is 0.481 e. The van der Waals surface area contributed by atoms with E-state index >= 15 is 0 Å². The molecule has 3 atom stereocenters. The molecule has 1 amide bonds. The van der Waals surface area contributed by atoms with Crippen molar-refractivity contribution in [2.24, 2.45) is 23.2 Å². The summed E-state index contributed by atoms with van der Waals surface area (Å²) in [7, 11) is 0. The molecule has 1 heterocycles. The highest BCUT2D eigenvalue weighted by Crippen LogP contribution is 2.36. The number of amides is 1. The molecule has 0 aromatic carbocycles. The summed E-state index contributed by atoms with van der Waals surface area (Å²) in [6.07, 6.45) is 1.28. The molecule has 2 rings (SSSR count). The van der Waals surface area contributed by atoms with Gasteiger partial charge in [-0.1, -0.05) is 13.8 Å². The van der Waals surface area contributed by atoms with Crippen molar-refractivity contribution in [1.82, 2.24) is 5.32 Å². The van der Waals surface area contributed by atoms with Crippen molar-refractivity contribution in [2.75, 3.05) is 19.8 Å². The Morgan fingerprint density at radius 3 is 2.44 bits per heavy atom. The molecular weight excluding hydrogens is 234 g/mol. The predicted molar refractivity (Wildman–Crippen MR) is 64.9 cm³/mol. The fourth-order valence-corrected chi connectivity index (χ4v) is 2.84. The van der Waals surface area contributed by atoms with Crippen LogP contribution in [0.2, 0.25) is 0 Å². The fraction of sp³-hybridized carbons (Fsp3) is 0.846. The number of carbonyl (C=O) groups is 2. The van der Waals surface area contributed by atoms with Crippen LogP contribution in [0.25, 0.3) is 0 Å². The summed E-state index contributed by atoms with van der Waals surface area (Å²) in [4.78, 5) is 23.2. The molecular formula is C13H21NO4. The van der Waals surface area contributed by atoms with E-state index in [1.165, 1.54) is 0 Å². The number of hydrogen-bond acceptors (Lipinski definition) is 3. The number of carboxylic acids is 1. The molecule has 0 radical (unpaired) electrons. The molecule has 5 nitrogen and oxygen atoms in total. The average molecular weight is 255 g/mol. The zero-order chi connectivity index (χ0) is 13.3. The Hall–Kier alpha value is -1.10. The Morgan fingerprint density at radius 2 is 1.94 bits per heavy atom. The van der Waals surface area contributed by atoms with Crippen LogP contribution in [-0.2, 0) is 14.3 Å². The van der Waals surface area contributed by atoms with Gasteiger partial charge in [-0.15, -0.1) is 0 Å². The van der Waals surface area contributed by atoms with Crippen molar-refractivity contribution < 1.29 is 19.4 Å². The van der Waals surface area contributed by atoms with Crippen molar-refractivity contribution >= 4 is 11.9 Å². The first-order valence-electron chi connectivity index (χ1n) is 6.49. The van der Waals surface area contributed by atoms with Gasteiger partial charge in [0, 0.05) is 12.0 Å². The number of hydrogen-bond donors (Lipinski definition) is 2. The van der Waals surface area contributed by atoms with Gasteiger partial charge in [0.15, 0.2) is 0 Å². The van der Waals surface area contributed by atoms with Crippen LogP contribution >= 0.6 is 0 Å². The minimum absolute atomic E-state index is 0.0264. The summed E-state index contributed by atoms with van der Waals surface area (Å²) in [5.74, 6) is -1.55. The highest BCUT2D eigenvalue weighted by Gasteiger charge is 2.42. The first kappa shape index (κ1) is 13.3. The molecule has 5 heteroatoms. The van der Waals surface area contributed by atoms with Crippen LogP contribution in [0.3, 0.4) is 0 Å². The zero-order valence-corrected chi connectivity index (χ0v) is 10.9. The molecule has 0 bridgehead atoms. The minimum Gasteiger partial charge on any atom is -0.481 e. The molecule has 18 heavy (non-hydrogen) atoms. The topological polar surface area (TPSA) is 75.6 Å². The molecule has 0 aromatic rings. The molecule has 2 aliphatic rings. The average Bonchev–Trinajstić information content (AvgIpc) is 2.66. The van der Waals surface area contributed by atoms with Gasteiger partial charge in [-0.2, -0.15) is 0 Å². The van der Waals surface area contributed by atoms with Crippen LogP contribution in [0.15, 0.2) is 0 Å². The molecule has 1 saturated heterocycles. The zero-order valence-electron chi connectivity index (χ0n) is 10.9. The molecule has 1 unspecified atom stereocenters. The second kappa shape index (κ2) is 4.88. The van der Waals surface area contributed by atoms with E-state index in [9.17, 15) is 9.59 Å². The maximum absolute atomic E-state index is 12.1. The Morgan fingerprint density at radius 1 is 1.33 bits per heavy atom. The third kappa shape index (κ3) is 2.66. The first-order valence-corrected chi connectivity index (χ1v) is 6.49. The summed E-state index contributed by atoms with van der Waals surface area (Å²) in [6, 6.07) is 0. The third-order valence-corrected chi connectivity index (χ3v) is 4.04. The molecule has 1 aliphatic heterocycles. The summed E-state index contributed by atoms with van der Waals surface area (Å²) >= 11 is 0. The second-order valence-electron chi connectivity index (χ2n) is 6.15. The maximum Gasteiger partial charge on any atom is 0.307 e. The number of aliphatic carboxylic acids is 1. The summed E-state index contributed by atoms with van der Waals surface area (Å²) < 4.78 is 5.13. The van der Waals surface area contributed by atoms with Crippen LogP contribution < -0.4 is 5.32 Å².